The van der Waals surface area contributed by atoms with E-state index >= 15 is 0 Å². The van der Waals surface area contributed by atoms with Crippen LogP contribution in [0.4, 0.5) is 4.39 Å². The number of rotatable bonds is 3. The van der Waals surface area contributed by atoms with Crippen molar-refractivity contribution in [1.82, 2.24) is 0 Å². The van der Waals surface area contributed by atoms with Crippen molar-refractivity contribution in [2.75, 3.05) is 7.11 Å². The van der Waals surface area contributed by atoms with E-state index in [0.29, 0.717) is 0 Å². The zero-order chi connectivity index (χ0) is 14.9. The summed E-state index contributed by atoms with van der Waals surface area (Å²) in [5.41, 5.74) is 11.0. The molecule has 0 amide bonds. The zero-order valence-corrected chi connectivity index (χ0v) is 12.3. The average Bonchev–Trinajstić information content (AvgIpc) is 2.39. The molecule has 0 aliphatic rings. The van der Waals surface area contributed by atoms with E-state index in [0.717, 1.165) is 33.6 Å². The van der Waals surface area contributed by atoms with Gasteiger partial charge in [-0.25, -0.2) is 4.39 Å². The molecule has 0 bridgehead atoms. The Kier molecular flexibility index (Phi) is 4.09. The molecule has 106 valence electrons. The van der Waals surface area contributed by atoms with Crippen molar-refractivity contribution in [3.05, 3.63) is 64.0 Å². The Morgan fingerprint density at radius 3 is 2.30 bits per heavy atom. The van der Waals surface area contributed by atoms with E-state index < -0.39 is 0 Å². The Labute approximate surface area is 119 Å². The van der Waals surface area contributed by atoms with Crippen molar-refractivity contribution in [3.63, 3.8) is 0 Å². The van der Waals surface area contributed by atoms with Crippen molar-refractivity contribution in [2.45, 2.75) is 26.8 Å². The van der Waals surface area contributed by atoms with Crippen LogP contribution in [0.25, 0.3) is 0 Å². The Hall–Kier alpha value is -1.87. The minimum atomic E-state index is -0.339. The molecular formula is C17H20FNO. The van der Waals surface area contributed by atoms with Gasteiger partial charge in [-0.05, 0) is 66.8 Å². The van der Waals surface area contributed by atoms with E-state index in [1.165, 1.54) is 12.1 Å². The summed E-state index contributed by atoms with van der Waals surface area (Å²) in [4.78, 5) is 0. The summed E-state index contributed by atoms with van der Waals surface area (Å²) in [5.74, 6) is 0.590. The molecule has 3 heteroatoms. The van der Waals surface area contributed by atoms with E-state index in [9.17, 15) is 4.39 Å². The van der Waals surface area contributed by atoms with Crippen molar-refractivity contribution >= 4 is 0 Å². The molecule has 0 aromatic heterocycles. The van der Waals surface area contributed by atoms with Gasteiger partial charge in [-0.15, -0.1) is 0 Å². The predicted molar refractivity (Wildman–Crippen MR) is 79.6 cm³/mol. The van der Waals surface area contributed by atoms with Gasteiger partial charge in [-0.1, -0.05) is 12.1 Å². The summed E-state index contributed by atoms with van der Waals surface area (Å²) < 4.78 is 18.8. The number of hydrogen-bond donors (Lipinski definition) is 1. The van der Waals surface area contributed by atoms with Crippen LogP contribution in [0.5, 0.6) is 5.75 Å². The van der Waals surface area contributed by atoms with Gasteiger partial charge in [-0.2, -0.15) is 0 Å². The minimum Gasteiger partial charge on any atom is -0.496 e. The van der Waals surface area contributed by atoms with Crippen molar-refractivity contribution in [3.8, 4) is 5.75 Å². The second-order valence-electron chi connectivity index (χ2n) is 5.22. The van der Waals surface area contributed by atoms with Gasteiger partial charge in [0.05, 0.1) is 13.2 Å². The van der Waals surface area contributed by atoms with Crippen molar-refractivity contribution < 1.29 is 9.13 Å². The van der Waals surface area contributed by atoms with E-state index in [1.807, 2.05) is 39.0 Å². The van der Waals surface area contributed by atoms with Crippen molar-refractivity contribution in [2.24, 2.45) is 5.73 Å². The first-order valence-electron chi connectivity index (χ1n) is 6.60. The fourth-order valence-corrected chi connectivity index (χ4v) is 2.49. The molecule has 2 aromatic rings. The van der Waals surface area contributed by atoms with Crippen LogP contribution in [-0.2, 0) is 0 Å². The Balaban J connectivity index is 2.47. The number of aryl methyl sites for hydroxylation is 3. The third-order valence-electron chi connectivity index (χ3n) is 3.54. The van der Waals surface area contributed by atoms with Crippen LogP contribution in [-0.4, -0.2) is 7.11 Å². The van der Waals surface area contributed by atoms with Crippen LogP contribution in [0, 0.1) is 26.6 Å². The fourth-order valence-electron chi connectivity index (χ4n) is 2.49. The fraction of sp³-hybridized carbons (Fsp3) is 0.294. The second kappa shape index (κ2) is 5.63. The molecule has 0 aliphatic heterocycles. The Morgan fingerprint density at radius 1 is 1.00 bits per heavy atom. The van der Waals surface area contributed by atoms with Gasteiger partial charge in [0.15, 0.2) is 0 Å². The number of hydrogen-bond acceptors (Lipinski definition) is 2. The molecular weight excluding hydrogens is 253 g/mol. The lowest BCUT2D eigenvalue weighted by molar-refractivity contribution is 0.411. The molecule has 20 heavy (non-hydrogen) atoms. The standard InChI is InChI=1S/C17H20FNO/c1-10-5-13(9-14(18)6-10)17(19)15-7-12(3)16(20-4)8-11(15)2/h5-9,17H,19H2,1-4H3. The number of methoxy groups -OCH3 is 1. The number of benzene rings is 2. The van der Waals surface area contributed by atoms with Crippen LogP contribution in [0.2, 0.25) is 0 Å². The van der Waals surface area contributed by atoms with Crippen LogP contribution in [0.3, 0.4) is 0 Å². The summed E-state index contributed by atoms with van der Waals surface area (Å²) in [6.45, 7) is 5.83. The van der Waals surface area contributed by atoms with Crippen molar-refractivity contribution in [1.29, 1.82) is 0 Å². The molecule has 0 heterocycles. The first-order valence-corrected chi connectivity index (χ1v) is 6.60. The highest BCUT2D eigenvalue weighted by atomic mass is 19.1. The third kappa shape index (κ3) is 2.83. The first kappa shape index (κ1) is 14.5. The summed E-state index contributed by atoms with van der Waals surface area (Å²) in [6.07, 6.45) is 0. The summed E-state index contributed by atoms with van der Waals surface area (Å²) in [5, 5.41) is 0. The van der Waals surface area contributed by atoms with Gasteiger partial charge in [0, 0.05) is 0 Å². The molecule has 2 aromatic carbocycles. The van der Waals surface area contributed by atoms with Gasteiger partial charge in [0.2, 0.25) is 0 Å². The highest BCUT2D eigenvalue weighted by Crippen LogP contribution is 2.29. The summed E-state index contributed by atoms with van der Waals surface area (Å²) >= 11 is 0. The number of halogens is 1. The van der Waals surface area contributed by atoms with Crippen LogP contribution >= 0.6 is 0 Å². The Bertz CT molecular complexity index is 617. The predicted octanol–water partition coefficient (Wildman–Crippen LogP) is 3.81. The second-order valence-corrected chi connectivity index (χ2v) is 5.22. The van der Waals surface area contributed by atoms with Crippen LogP contribution < -0.4 is 10.5 Å². The van der Waals surface area contributed by atoms with Gasteiger partial charge in [0.25, 0.3) is 0 Å². The molecule has 0 spiro atoms. The summed E-state index contributed by atoms with van der Waals surface area (Å²) in [6, 6.07) is 8.57. The highest BCUT2D eigenvalue weighted by Gasteiger charge is 2.15. The smallest absolute Gasteiger partial charge is 0.123 e. The molecule has 0 saturated carbocycles. The SMILES string of the molecule is COc1cc(C)c(C(N)c2cc(C)cc(F)c2)cc1C. The molecule has 0 radical (unpaired) electrons. The maximum absolute atomic E-state index is 13.5. The molecule has 2 N–H and O–H groups in total. The normalized spacial score (nSPS) is 12.3. The lowest BCUT2D eigenvalue weighted by Gasteiger charge is -2.18. The lowest BCUT2D eigenvalue weighted by atomic mass is 9.93. The zero-order valence-electron chi connectivity index (χ0n) is 12.3. The van der Waals surface area contributed by atoms with Gasteiger partial charge in [-0.3, -0.25) is 0 Å². The van der Waals surface area contributed by atoms with Crippen LogP contribution in [0.1, 0.15) is 33.9 Å². The van der Waals surface area contributed by atoms with E-state index in [2.05, 4.69) is 0 Å². The first-order chi connectivity index (χ1) is 9.42. The average molecular weight is 273 g/mol. The lowest BCUT2D eigenvalue weighted by Crippen LogP contribution is -2.14. The maximum Gasteiger partial charge on any atom is 0.123 e. The monoisotopic (exact) mass is 273 g/mol. The van der Waals surface area contributed by atoms with E-state index in [-0.39, 0.29) is 11.9 Å². The molecule has 0 saturated heterocycles. The quantitative estimate of drug-likeness (QED) is 0.923. The Morgan fingerprint density at radius 2 is 1.70 bits per heavy atom. The molecule has 2 nitrogen and oxygen atoms in total. The molecule has 0 fully saturated rings. The van der Waals surface area contributed by atoms with E-state index in [1.54, 1.807) is 7.11 Å². The topological polar surface area (TPSA) is 35.2 Å². The van der Waals surface area contributed by atoms with Gasteiger partial charge >= 0.3 is 0 Å². The summed E-state index contributed by atoms with van der Waals surface area (Å²) in [7, 11) is 1.65. The minimum absolute atomic E-state index is 0.252. The molecule has 0 aliphatic carbocycles. The molecule has 2 rings (SSSR count). The van der Waals surface area contributed by atoms with Gasteiger partial charge in [0.1, 0.15) is 11.6 Å². The largest absolute Gasteiger partial charge is 0.496 e. The van der Waals surface area contributed by atoms with E-state index in [4.69, 9.17) is 10.5 Å². The third-order valence-corrected chi connectivity index (χ3v) is 3.54. The highest BCUT2D eigenvalue weighted by molar-refractivity contribution is 5.46. The number of nitrogens with two attached hydrogens (primary N) is 1. The number of ether oxygens (including phenoxy) is 1. The molecule has 1 unspecified atom stereocenters. The molecule has 1 atom stereocenters. The van der Waals surface area contributed by atoms with Gasteiger partial charge < -0.3 is 10.5 Å². The van der Waals surface area contributed by atoms with Crippen LogP contribution in [0.15, 0.2) is 30.3 Å². The maximum atomic E-state index is 13.5.